The predicted molar refractivity (Wildman–Crippen MR) is 76.2 cm³/mol. The van der Waals surface area contributed by atoms with E-state index in [9.17, 15) is 0 Å². The molecule has 1 N–H and O–H groups in total. The molecule has 1 atom stereocenters. The van der Waals surface area contributed by atoms with Crippen molar-refractivity contribution in [2.75, 3.05) is 13.1 Å². The first-order chi connectivity index (χ1) is 8.90. The van der Waals surface area contributed by atoms with E-state index in [4.69, 9.17) is 4.74 Å². The second-order valence-corrected chi connectivity index (χ2v) is 5.17. The van der Waals surface area contributed by atoms with Crippen LogP contribution in [0.5, 0.6) is 5.75 Å². The van der Waals surface area contributed by atoms with Crippen molar-refractivity contribution in [2.24, 2.45) is 0 Å². The van der Waals surface area contributed by atoms with E-state index in [1.807, 2.05) is 6.07 Å². The van der Waals surface area contributed by atoms with Crippen molar-refractivity contribution < 1.29 is 4.74 Å². The van der Waals surface area contributed by atoms with Crippen LogP contribution in [0.4, 0.5) is 0 Å². The minimum Gasteiger partial charge on any atom is -0.488 e. The fraction of sp³-hybridized carbons (Fsp3) is 0.625. The molecule has 1 aromatic carbocycles. The highest BCUT2D eigenvalue weighted by atomic mass is 16.5. The summed E-state index contributed by atoms with van der Waals surface area (Å²) >= 11 is 0. The number of hydrogen-bond donors (Lipinski definition) is 1. The first-order valence-electron chi connectivity index (χ1n) is 7.35. The number of rotatable bonds is 8. The molecule has 1 aromatic rings. The number of fused-ring (bicyclic) bond motifs is 1. The maximum absolute atomic E-state index is 5.89. The molecule has 0 bridgehead atoms. The maximum atomic E-state index is 5.89. The summed E-state index contributed by atoms with van der Waals surface area (Å²) in [5.74, 6) is 1.08. The minimum atomic E-state index is 0.332. The van der Waals surface area contributed by atoms with Gasteiger partial charge in [-0.3, -0.25) is 0 Å². The fourth-order valence-corrected chi connectivity index (χ4v) is 2.48. The Kier molecular flexibility index (Phi) is 5.53. The van der Waals surface area contributed by atoms with E-state index in [0.29, 0.717) is 6.10 Å². The van der Waals surface area contributed by atoms with E-state index in [-0.39, 0.29) is 0 Å². The molecule has 1 heterocycles. The maximum Gasteiger partial charge on any atom is 0.123 e. The van der Waals surface area contributed by atoms with E-state index in [1.54, 1.807) is 0 Å². The van der Waals surface area contributed by atoms with Crippen LogP contribution in [0.15, 0.2) is 24.3 Å². The first-order valence-corrected chi connectivity index (χ1v) is 7.35. The quantitative estimate of drug-likeness (QED) is 0.709. The molecule has 0 amide bonds. The Bertz CT molecular complexity index is 326. The highest BCUT2D eigenvalue weighted by Gasteiger charge is 2.21. The SMILES string of the molecule is CCCCCCCNCC1Cc2ccccc2O1. The van der Waals surface area contributed by atoms with Gasteiger partial charge in [0, 0.05) is 13.0 Å². The van der Waals surface area contributed by atoms with E-state index in [2.05, 4.69) is 30.4 Å². The Morgan fingerprint density at radius 2 is 2.00 bits per heavy atom. The molecule has 0 spiro atoms. The van der Waals surface area contributed by atoms with Gasteiger partial charge in [-0.2, -0.15) is 0 Å². The number of para-hydroxylation sites is 1. The zero-order valence-corrected chi connectivity index (χ0v) is 11.5. The fourth-order valence-electron chi connectivity index (χ4n) is 2.48. The van der Waals surface area contributed by atoms with E-state index in [0.717, 1.165) is 25.3 Å². The number of ether oxygens (including phenoxy) is 1. The minimum absolute atomic E-state index is 0.332. The molecule has 1 unspecified atom stereocenters. The van der Waals surface area contributed by atoms with Crippen molar-refractivity contribution in [1.29, 1.82) is 0 Å². The van der Waals surface area contributed by atoms with Crippen LogP contribution in [0.25, 0.3) is 0 Å². The van der Waals surface area contributed by atoms with Gasteiger partial charge in [0.1, 0.15) is 11.9 Å². The molecule has 2 heteroatoms. The smallest absolute Gasteiger partial charge is 0.123 e. The van der Waals surface area contributed by atoms with Crippen molar-refractivity contribution in [3.05, 3.63) is 29.8 Å². The van der Waals surface area contributed by atoms with Gasteiger partial charge in [0.25, 0.3) is 0 Å². The van der Waals surface area contributed by atoms with E-state index >= 15 is 0 Å². The molecule has 0 saturated carbocycles. The molecule has 2 rings (SSSR count). The molecule has 0 aromatic heterocycles. The van der Waals surface area contributed by atoms with Crippen molar-refractivity contribution in [3.63, 3.8) is 0 Å². The Hall–Kier alpha value is -1.02. The first kappa shape index (κ1) is 13.4. The molecular weight excluding hydrogens is 222 g/mol. The van der Waals surface area contributed by atoms with Gasteiger partial charge in [-0.1, -0.05) is 50.8 Å². The van der Waals surface area contributed by atoms with Gasteiger partial charge in [0.05, 0.1) is 0 Å². The molecule has 18 heavy (non-hydrogen) atoms. The van der Waals surface area contributed by atoms with Crippen LogP contribution >= 0.6 is 0 Å². The number of hydrogen-bond acceptors (Lipinski definition) is 2. The molecule has 0 saturated heterocycles. The van der Waals surface area contributed by atoms with Crippen LogP contribution in [0, 0.1) is 0 Å². The normalized spacial score (nSPS) is 17.5. The van der Waals surface area contributed by atoms with Crippen molar-refractivity contribution in [3.8, 4) is 5.75 Å². The van der Waals surface area contributed by atoms with Crippen LogP contribution < -0.4 is 10.1 Å². The molecule has 1 aliphatic rings. The summed E-state index contributed by atoms with van der Waals surface area (Å²) in [5, 5.41) is 3.51. The third-order valence-electron chi connectivity index (χ3n) is 3.54. The van der Waals surface area contributed by atoms with Crippen LogP contribution in [0.2, 0.25) is 0 Å². The zero-order valence-electron chi connectivity index (χ0n) is 11.5. The monoisotopic (exact) mass is 247 g/mol. The van der Waals surface area contributed by atoms with Crippen LogP contribution in [-0.4, -0.2) is 19.2 Å². The van der Waals surface area contributed by atoms with Gasteiger partial charge in [0.15, 0.2) is 0 Å². The summed E-state index contributed by atoms with van der Waals surface area (Å²) in [6.45, 7) is 4.36. The van der Waals surface area contributed by atoms with Crippen LogP contribution in [-0.2, 0) is 6.42 Å². The highest BCUT2D eigenvalue weighted by molar-refractivity contribution is 5.37. The summed E-state index contributed by atoms with van der Waals surface area (Å²) in [5.41, 5.74) is 1.35. The second kappa shape index (κ2) is 7.42. The largest absolute Gasteiger partial charge is 0.488 e. The van der Waals surface area contributed by atoms with Gasteiger partial charge < -0.3 is 10.1 Å². The molecule has 100 valence electrons. The second-order valence-electron chi connectivity index (χ2n) is 5.17. The molecule has 0 fully saturated rings. The molecule has 1 aliphatic heterocycles. The number of benzene rings is 1. The molecule has 0 radical (unpaired) electrons. The van der Waals surface area contributed by atoms with E-state index < -0.39 is 0 Å². The lowest BCUT2D eigenvalue weighted by atomic mass is 10.1. The topological polar surface area (TPSA) is 21.3 Å². The summed E-state index contributed by atoms with van der Waals surface area (Å²) in [6.07, 6.45) is 8.11. The van der Waals surface area contributed by atoms with Crippen LogP contribution in [0.3, 0.4) is 0 Å². The zero-order chi connectivity index (χ0) is 12.6. The molecule has 0 aliphatic carbocycles. The van der Waals surface area contributed by atoms with Gasteiger partial charge in [-0.25, -0.2) is 0 Å². The van der Waals surface area contributed by atoms with E-state index in [1.165, 1.54) is 37.7 Å². The average Bonchev–Trinajstić information content (AvgIpc) is 2.80. The van der Waals surface area contributed by atoms with Crippen molar-refractivity contribution >= 4 is 0 Å². The third-order valence-corrected chi connectivity index (χ3v) is 3.54. The lowest BCUT2D eigenvalue weighted by molar-refractivity contribution is 0.227. The van der Waals surface area contributed by atoms with Crippen molar-refractivity contribution in [2.45, 2.75) is 51.6 Å². The highest BCUT2D eigenvalue weighted by Crippen LogP contribution is 2.27. The predicted octanol–water partition coefficient (Wildman–Crippen LogP) is 3.55. The Morgan fingerprint density at radius 1 is 1.17 bits per heavy atom. The molecule has 2 nitrogen and oxygen atoms in total. The van der Waals surface area contributed by atoms with Crippen LogP contribution in [0.1, 0.15) is 44.6 Å². The van der Waals surface area contributed by atoms with Crippen molar-refractivity contribution in [1.82, 2.24) is 5.32 Å². The Morgan fingerprint density at radius 3 is 2.83 bits per heavy atom. The van der Waals surface area contributed by atoms with Gasteiger partial charge in [0.2, 0.25) is 0 Å². The average molecular weight is 247 g/mol. The lowest BCUT2D eigenvalue weighted by Gasteiger charge is -2.11. The standard InChI is InChI=1S/C16H25NO/c1-2-3-4-5-8-11-17-13-15-12-14-9-6-7-10-16(14)18-15/h6-7,9-10,15,17H,2-5,8,11-13H2,1H3. The number of nitrogens with one attached hydrogen (secondary N) is 1. The summed E-state index contributed by atoms with van der Waals surface area (Å²) in [7, 11) is 0. The number of unbranched alkanes of at least 4 members (excludes halogenated alkanes) is 4. The summed E-state index contributed by atoms with van der Waals surface area (Å²) in [4.78, 5) is 0. The van der Waals surface area contributed by atoms with Gasteiger partial charge >= 0.3 is 0 Å². The third kappa shape index (κ3) is 4.02. The molecular formula is C16H25NO. The Labute approximate surface area is 111 Å². The Balaban J connectivity index is 1.54. The van der Waals surface area contributed by atoms with Gasteiger partial charge in [-0.05, 0) is 24.6 Å². The summed E-state index contributed by atoms with van der Waals surface area (Å²) < 4.78 is 5.89. The summed E-state index contributed by atoms with van der Waals surface area (Å²) in [6, 6.07) is 8.37. The lowest BCUT2D eigenvalue weighted by Crippen LogP contribution is -2.30. The van der Waals surface area contributed by atoms with Gasteiger partial charge in [-0.15, -0.1) is 0 Å².